The van der Waals surface area contributed by atoms with Crippen LogP contribution in [0.2, 0.25) is 0 Å². The summed E-state index contributed by atoms with van der Waals surface area (Å²) >= 11 is 5.43. The van der Waals surface area contributed by atoms with Gasteiger partial charge < -0.3 is 4.90 Å². The first kappa shape index (κ1) is 13.2. The van der Waals surface area contributed by atoms with Gasteiger partial charge in [0.05, 0.1) is 6.04 Å². The van der Waals surface area contributed by atoms with Crippen molar-refractivity contribution in [1.82, 2.24) is 0 Å². The van der Waals surface area contributed by atoms with Crippen LogP contribution in [-0.2, 0) is 11.8 Å². The van der Waals surface area contributed by atoms with Gasteiger partial charge in [-0.05, 0) is 54.5 Å². The van der Waals surface area contributed by atoms with Crippen LogP contribution in [0, 0.1) is 6.92 Å². The average molecular weight is 336 g/mol. The fourth-order valence-electron chi connectivity index (χ4n) is 2.96. The molecule has 100 valence electrons. The number of aryl methyl sites for hydroxylation is 1. The lowest BCUT2D eigenvalue weighted by atomic mass is 9.99. The Morgan fingerprint density at radius 3 is 2.95 bits per heavy atom. The van der Waals surface area contributed by atoms with Crippen LogP contribution in [0.1, 0.15) is 34.5 Å². The molecule has 1 aromatic carbocycles. The van der Waals surface area contributed by atoms with Gasteiger partial charge in [-0.2, -0.15) is 0 Å². The van der Waals surface area contributed by atoms with Crippen LogP contribution in [0.5, 0.6) is 0 Å². The van der Waals surface area contributed by atoms with Crippen molar-refractivity contribution in [3.63, 3.8) is 0 Å². The molecule has 1 atom stereocenters. The molecule has 0 saturated heterocycles. The average Bonchev–Trinajstić information content (AvgIpc) is 2.89. The van der Waals surface area contributed by atoms with Gasteiger partial charge in [0.25, 0.3) is 0 Å². The molecule has 1 aliphatic heterocycles. The van der Waals surface area contributed by atoms with E-state index in [9.17, 15) is 0 Å². The fourth-order valence-corrected chi connectivity index (χ4v) is 4.27. The second-order valence-corrected chi connectivity index (χ2v) is 6.73. The molecule has 1 nitrogen and oxygen atoms in total. The Hall–Kier alpha value is -0.800. The highest BCUT2D eigenvalue weighted by Gasteiger charge is 2.25. The molecule has 1 unspecified atom stereocenters. The van der Waals surface area contributed by atoms with Crippen LogP contribution in [0.4, 0.5) is 5.69 Å². The van der Waals surface area contributed by atoms with E-state index in [1.165, 1.54) is 28.8 Å². The van der Waals surface area contributed by atoms with Gasteiger partial charge in [0.2, 0.25) is 0 Å². The van der Waals surface area contributed by atoms with Crippen LogP contribution < -0.4 is 4.90 Å². The maximum absolute atomic E-state index is 3.53. The SMILES string of the molecule is Cc1cc(CBr)ccc1N1CCc2sccc2C1C. The summed E-state index contributed by atoms with van der Waals surface area (Å²) in [4.78, 5) is 4.11. The first-order chi connectivity index (χ1) is 9.20. The number of thiophene rings is 1. The lowest BCUT2D eigenvalue weighted by Crippen LogP contribution is -2.33. The molecule has 1 aromatic heterocycles. The predicted molar refractivity (Wildman–Crippen MR) is 87.6 cm³/mol. The first-order valence-electron chi connectivity index (χ1n) is 6.69. The van der Waals surface area contributed by atoms with E-state index in [-0.39, 0.29) is 0 Å². The topological polar surface area (TPSA) is 3.24 Å². The Balaban J connectivity index is 1.95. The maximum Gasteiger partial charge on any atom is 0.0525 e. The van der Waals surface area contributed by atoms with E-state index in [0.29, 0.717) is 6.04 Å². The normalized spacial score (nSPS) is 18.5. The number of hydrogen-bond acceptors (Lipinski definition) is 2. The Labute approximate surface area is 127 Å². The molecule has 0 spiro atoms. The summed E-state index contributed by atoms with van der Waals surface area (Å²) in [7, 11) is 0. The van der Waals surface area contributed by atoms with E-state index in [4.69, 9.17) is 0 Å². The molecule has 3 heteroatoms. The van der Waals surface area contributed by atoms with Crippen molar-refractivity contribution in [2.75, 3.05) is 11.4 Å². The Kier molecular flexibility index (Phi) is 3.68. The quantitative estimate of drug-likeness (QED) is 0.692. The summed E-state index contributed by atoms with van der Waals surface area (Å²) in [6, 6.07) is 9.58. The van der Waals surface area contributed by atoms with Gasteiger partial charge in [-0.1, -0.05) is 28.1 Å². The molecule has 0 saturated carbocycles. The molecule has 0 N–H and O–H groups in total. The van der Waals surface area contributed by atoms with Crippen LogP contribution in [0.25, 0.3) is 0 Å². The minimum atomic E-state index is 0.489. The Morgan fingerprint density at radius 2 is 2.21 bits per heavy atom. The lowest BCUT2D eigenvalue weighted by molar-refractivity contribution is 0.631. The maximum atomic E-state index is 3.53. The van der Waals surface area contributed by atoms with E-state index in [2.05, 4.69) is 64.3 Å². The molecule has 0 aliphatic carbocycles. The van der Waals surface area contributed by atoms with Crippen LogP contribution in [-0.4, -0.2) is 6.54 Å². The fraction of sp³-hybridized carbons (Fsp3) is 0.375. The van der Waals surface area contributed by atoms with Crippen molar-refractivity contribution in [2.45, 2.75) is 31.6 Å². The third-order valence-corrected chi connectivity index (χ3v) is 5.65. The van der Waals surface area contributed by atoms with Gasteiger partial charge >= 0.3 is 0 Å². The summed E-state index contributed by atoms with van der Waals surface area (Å²) in [5, 5.41) is 3.16. The first-order valence-corrected chi connectivity index (χ1v) is 8.69. The van der Waals surface area contributed by atoms with Crippen LogP contribution in [0.15, 0.2) is 29.6 Å². The van der Waals surface area contributed by atoms with E-state index in [1.807, 2.05) is 11.3 Å². The summed E-state index contributed by atoms with van der Waals surface area (Å²) < 4.78 is 0. The van der Waals surface area contributed by atoms with Crippen molar-refractivity contribution in [3.8, 4) is 0 Å². The number of alkyl halides is 1. The van der Waals surface area contributed by atoms with Crippen molar-refractivity contribution >= 4 is 33.0 Å². The summed E-state index contributed by atoms with van der Waals surface area (Å²) in [5.41, 5.74) is 5.62. The Morgan fingerprint density at radius 1 is 1.37 bits per heavy atom. The second kappa shape index (κ2) is 5.29. The molecule has 0 fully saturated rings. The third-order valence-electron chi connectivity index (χ3n) is 4.00. The number of anilines is 1. The zero-order chi connectivity index (χ0) is 13.4. The zero-order valence-electron chi connectivity index (χ0n) is 11.3. The third kappa shape index (κ3) is 2.34. The number of hydrogen-bond donors (Lipinski definition) is 0. The van der Waals surface area contributed by atoms with Gasteiger partial charge in [-0.3, -0.25) is 0 Å². The van der Waals surface area contributed by atoms with Crippen molar-refractivity contribution in [2.24, 2.45) is 0 Å². The smallest absolute Gasteiger partial charge is 0.0525 e. The van der Waals surface area contributed by atoms with Crippen LogP contribution in [0.3, 0.4) is 0 Å². The second-order valence-electron chi connectivity index (χ2n) is 5.17. The Bertz CT molecular complexity index is 590. The molecule has 0 radical (unpaired) electrons. The molecule has 0 amide bonds. The van der Waals surface area contributed by atoms with Gasteiger partial charge in [0.15, 0.2) is 0 Å². The van der Waals surface area contributed by atoms with Gasteiger partial charge in [-0.25, -0.2) is 0 Å². The zero-order valence-corrected chi connectivity index (χ0v) is 13.7. The molecule has 3 rings (SSSR count). The van der Waals surface area contributed by atoms with E-state index >= 15 is 0 Å². The minimum Gasteiger partial charge on any atom is -0.364 e. The molecule has 0 bridgehead atoms. The van der Waals surface area contributed by atoms with Gasteiger partial charge in [0.1, 0.15) is 0 Å². The van der Waals surface area contributed by atoms with Crippen molar-refractivity contribution in [3.05, 3.63) is 51.2 Å². The van der Waals surface area contributed by atoms with Gasteiger partial charge in [0, 0.05) is 22.4 Å². The number of nitrogens with zero attached hydrogens (tertiary/aromatic N) is 1. The molecule has 1 aliphatic rings. The van der Waals surface area contributed by atoms with Gasteiger partial charge in [-0.15, -0.1) is 11.3 Å². The molecular weight excluding hydrogens is 318 g/mol. The van der Waals surface area contributed by atoms with E-state index in [0.717, 1.165) is 11.9 Å². The summed E-state index contributed by atoms with van der Waals surface area (Å²) in [5.74, 6) is 0. The molecule has 2 heterocycles. The molecular formula is C16H18BrNS. The van der Waals surface area contributed by atoms with Crippen molar-refractivity contribution in [1.29, 1.82) is 0 Å². The van der Waals surface area contributed by atoms with Crippen LogP contribution >= 0.6 is 27.3 Å². The monoisotopic (exact) mass is 335 g/mol. The molecule has 19 heavy (non-hydrogen) atoms. The number of rotatable bonds is 2. The summed E-state index contributed by atoms with van der Waals surface area (Å²) in [6.07, 6.45) is 1.18. The van der Waals surface area contributed by atoms with E-state index in [1.54, 1.807) is 4.88 Å². The largest absolute Gasteiger partial charge is 0.364 e. The number of halogens is 1. The highest BCUT2D eigenvalue weighted by atomic mass is 79.9. The highest BCUT2D eigenvalue weighted by molar-refractivity contribution is 9.08. The minimum absolute atomic E-state index is 0.489. The molecule has 2 aromatic rings. The standard InChI is InChI=1S/C16H18BrNS/c1-11-9-13(10-17)3-4-15(11)18-7-5-16-14(12(18)2)6-8-19-16/h3-4,6,8-9,12H,5,7,10H2,1-2H3. The van der Waals surface area contributed by atoms with E-state index < -0.39 is 0 Å². The van der Waals surface area contributed by atoms with Crippen molar-refractivity contribution < 1.29 is 0 Å². The number of benzene rings is 1. The predicted octanol–water partition coefficient (Wildman–Crippen LogP) is 5.08. The number of fused-ring (bicyclic) bond motifs is 1. The lowest BCUT2D eigenvalue weighted by Gasteiger charge is -2.36. The summed E-state index contributed by atoms with van der Waals surface area (Å²) in [6.45, 7) is 5.67. The highest BCUT2D eigenvalue weighted by Crippen LogP contribution is 2.37.